The van der Waals surface area contributed by atoms with Crippen molar-refractivity contribution in [1.29, 1.82) is 0 Å². The maximum absolute atomic E-state index is 9.84. The number of hydrogen-bond donors (Lipinski definition) is 2. The minimum Gasteiger partial charge on any atom is -0.389 e. The number of benzene rings is 2. The number of hydrogen-bond acceptors (Lipinski definition) is 5. The van der Waals surface area contributed by atoms with Gasteiger partial charge in [-0.1, -0.05) is 55.5 Å². The lowest BCUT2D eigenvalue weighted by atomic mass is 9.96. The first kappa shape index (κ1) is 19.4. The number of aliphatic hydroxyl groups excluding tert-OH is 1. The van der Waals surface area contributed by atoms with Crippen molar-refractivity contribution in [3.8, 4) is 0 Å². The minimum absolute atomic E-state index is 0.425. The van der Waals surface area contributed by atoms with Crippen molar-refractivity contribution >= 4 is 11.8 Å². The van der Waals surface area contributed by atoms with Crippen LogP contribution in [-0.4, -0.2) is 21.6 Å². The molecule has 0 fully saturated rings. The summed E-state index contributed by atoms with van der Waals surface area (Å²) in [7, 11) is 0. The van der Waals surface area contributed by atoms with E-state index < -0.39 is 6.10 Å². The van der Waals surface area contributed by atoms with Crippen molar-refractivity contribution in [2.75, 3.05) is 16.8 Å². The van der Waals surface area contributed by atoms with Gasteiger partial charge >= 0.3 is 0 Å². The predicted molar refractivity (Wildman–Crippen MR) is 117 cm³/mol. The van der Waals surface area contributed by atoms with Crippen LogP contribution in [0.5, 0.6) is 0 Å². The van der Waals surface area contributed by atoms with Gasteiger partial charge in [-0.05, 0) is 42.0 Å². The second-order valence-corrected chi connectivity index (χ2v) is 7.61. The van der Waals surface area contributed by atoms with Gasteiger partial charge in [0.1, 0.15) is 5.82 Å². The Balaban J connectivity index is 1.53. The number of fused-ring (bicyclic) bond motifs is 1. The van der Waals surface area contributed by atoms with Crippen molar-refractivity contribution in [3.63, 3.8) is 0 Å². The lowest BCUT2D eigenvalue weighted by Gasteiger charge is -2.30. The molecule has 0 spiro atoms. The Morgan fingerprint density at radius 3 is 2.66 bits per heavy atom. The monoisotopic (exact) mass is 388 g/mol. The number of nitrogens with one attached hydrogen (secondary N) is 1. The fourth-order valence-electron chi connectivity index (χ4n) is 3.71. The van der Waals surface area contributed by atoms with E-state index in [2.05, 4.69) is 52.5 Å². The average Bonchev–Trinajstić information content (AvgIpc) is 2.77. The maximum Gasteiger partial charge on any atom is 0.225 e. The molecule has 150 valence electrons. The summed E-state index contributed by atoms with van der Waals surface area (Å²) < 4.78 is 0. The molecular formula is C24H28N4O. The van der Waals surface area contributed by atoms with Gasteiger partial charge in [0.2, 0.25) is 5.95 Å². The van der Waals surface area contributed by atoms with Gasteiger partial charge in [-0.2, -0.15) is 4.98 Å². The van der Waals surface area contributed by atoms with Crippen LogP contribution in [0.1, 0.15) is 47.9 Å². The molecule has 1 atom stereocenters. The molecule has 2 heterocycles. The average molecular weight is 389 g/mol. The zero-order valence-electron chi connectivity index (χ0n) is 17.1. The Labute approximate surface area is 172 Å². The molecule has 0 saturated carbocycles. The molecule has 0 aliphatic carbocycles. The number of aliphatic hydroxyl groups is 1. The third kappa shape index (κ3) is 4.57. The Morgan fingerprint density at radius 2 is 1.90 bits per heavy atom. The van der Waals surface area contributed by atoms with E-state index in [-0.39, 0.29) is 0 Å². The van der Waals surface area contributed by atoms with Crippen LogP contribution in [0.3, 0.4) is 0 Å². The van der Waals surface area contributed by atoms with Crippen molar-refractivity contribution in [2.45, 2.75) is 45.9 Å². The summed E-state index contributed by atoms with van der Waals surface area (Å²) in [6.07, 6.45) is 1.40. The van der Waals surface area contributed by atoms with Gasteiger partial charge in [0, 0.05) is 31.4 Å². The molecule has 0 amide bonds. The zero-order valence-corrected chi connectivity index (χ0v) is 17.1. The SMILES string of the molecule is CCc1cc(N2CCc3cc([C@@H](C)O)ccc3C2)nc(NCc2ccccc2)n1. The van der Waals surface area contributed by atoms with Crippen molar-refractivity contribution in [2.24, 2.45) is 0 Å². The van der Waals surface area contributed by atoms with Crippen molar-refractivity contribution in [3.05, 3.63) is 82.5 Å². The Morgan fingerprint density at radius 1 is 1.07 bits per heavy atom. The molecule has 1 aliphatic heterocycles. The summed E-state index contributed by atoms with van der Waals surface area (Å²) in [6, 6.07) is 18.7. The quantitative estimate of drug-likeness (QED) is 0.660. The third-order valence-electron chi connectivity index (χ3n) is 5.47. The summed E-state index contributed by atoms with van der Waals surface area (Å²) in [5.41, 5.74) is 5.86. The number of anilines is 2. The lowest BCUT2D eigenvalue weighted by molar-refractivity contribution is 0.199. The van der Waals surface area contributed by atoms with Gasteiger partial charge < -0.3 is 15.3 Å². The molecule has 2 aromatic carbocycles. The minimum atomic E-state index is -0.425. The van der Waals surface area contributed by atoms with Crippen LogP contribution in [0.4, 0.5) is 11.8 Å². The van der Waals surface area contributed by atoms with Gasteiger partial charge in [0.05, 0.1) is 6.10 Å². The topological polar surface area (TPSA) is 61.3 Å². The smallest absolute Gasteiger partial charge is 0.225 e. The van der Waals surface area contributed by atoms with Gasteiger partial charge in [-0.15, -0.1) is 0 Å². The molecule has 1 aromatic heterocycles. The Bertz CT molecular complexity index is 972. The number of rotatable bonds is 6. The van der Waals surface area contributed by atoms with Crippen molar-refractivity contribution in [1.82, 2.24) is 9.97 Å². The molecule has 0 unspecified atom stereocenters. The molecule has 5 heteroatoms. The molecule has 0 radical (unpaired) electrons. The molecule has 5 nitrogen and oxygen atoms in total. The van der Waals surface area contributed by atoms with E-state index in [4.69, 9.17) is 4.98 Å². The highest BCUT2D eigenvalue weighted by atomic mass is 16.3. The van der Waals surface area contributed by atoms with E-state index in [1.165, 1.54) is 16.7 Å². The third-order valence-corrected chi connectivity index (χ3v) is 5.47. The maximum atomic E-state index is 9.84. The summed E-state index contributed by atoms with van der Waals surface area (Å²) in [6.45, 7) is 6.38. The van der Waals surface area contributed by atoms with Gasteiger partial charge in [-0.25, -0.2) is 4.98 Å². The van der Waals surface area contributed by atoms with Crippen LogP contribution < -0.4 is 10.2 Å². The Hall–Kier alpha value is -2.92. The van der Waals surface area contributed by atoms with Gasteiger partial charge in [0.25, 0.3) is 0 Å². The highest BCUT2D eigenvalue weighted by Crippen LogP contribution is 2.27. The lowest BCUT2D eigenvalue weighted by Crippen LogP contribution is -2.31. The Kier molecular flexibility index (Phi) is 5.76. The number of aryl methyl sites for hydroxylation is 1. The van der Waals surface area contributed by atoms with Crippen LogP contribution >= 0.6 is 0 Å². The van der Waals surface area contributed by atoms with E-state index >= 15 is 0 Å². The normalized spacial score (nSPS) is 14.4. The van der Waals surface area contributed by atoms with Gasteiger partial charge in [0.15, 0.2) is 0 Å². The summed E-state index contributed by atoms with van der Waals surface area (Å²) in [5.74, 6) is 1.65. The summed E-state index contributed by atoms with van der Waals surface area (Å²) >= 11 is 0. The summed E-state index contributed by atoms with van der Waals surface area (Å²) in [5, 5.41) is 13.2. The largest absolute Gasteiger partial charge is 0.389 e. The second-order valence-electron chi connectivity index (χ2n) is 7.61. The molecule has 0 saturated heterocycles. The van der Waals surface area contributed by atoms with Crippen LogP contribution in [0.25, 0.3) is 0 Å². The van der Waals surface area contributed by atoms with E-state index in [1.54, 1.807) is 0 Å². The molecule has 2 N–H and O–H groups in total. The van der Waals surface area contributed by atoms with Crippen LogP contribution in [0, 0.1) is 0 Å². The van der Waals surface area contributed by atoms with E-state index in [9.17, 15) is 5.11 Å². The molecule has 29 heavy (non-hydrogen) atoms. The van der Waals surface area contributed by atoms with E-state index in [1.807, 2.05) is 31.2 Å². The molecule has 1 aliphatic rings. The van der Waals surface area contributed by atoms with Crippen molar-refractivity contribution < 1.29 is 5.11 Å². The van der Waals surface area contributed by atoms with E-state index in [0.717, 1.165) is 43.0 Å². The zero-order chi connectivity index (χ0) is 20.2. The fourth-order valence-corrected chi connectivity index (χ4v) is 3.71. The summed E-state index contributed by atoms with van der Waals surface area (Å²) in [4.78, 5) is 11.8. The highest BCUT2D eigenvalue weighted by Gasteiger charge is 2.19. The molecular weight excluding hydrogens is 360 g/mol. The first-order valence-corrected chi connectivity index (χ1v) is 10.3. The standard InChI is InChI=1S/C24H28N4O/c1-3-22-14-23(27-24(26-22)25-15-18-7-5-4-6-8-18)28-12-11-20-13-19(17(2)29)9-10-21(20)16-28/h4-10,13-14,17,29H,3,11-12,15-16H2,1-2H3,(H,25,26,27)/t17-/m1/s1. The second kappa shape index (κ2) is 8.62. The fraction of sp³-hybridized carbons (Fsp3) is 0.333. The predicted octanol–water partition coefficient (Wildman–Crippen LogP) is 4.27. The molecule has 3 aromatic rings. The number of nitrogens with zero attached hydrogens (tertiary/aromatic N) is 3. The molecule has 4 rings (SSSR count). The van der Waals surface area contributed by atoms with Crippen LogP contribution in [0.15, 0.2) is 54.6 Å². The van der Waals surface area contributed by atoms with Gasteiger partial charge in [-0.3, -0.25) is 0 Å². The first-order valence-electron chi connectivity index (χ1n) is 10.3. The van der Waals surface area contributed by atoms with Crippen LogP contribution in [-0.2, 0) is 25.9 Å². The molecule has 0 bridgehead atoms. The van der Waals surface area contributed by atoms with Crippen LogP contribution in [0.2, 0.25) is 0 Å². The van der Waals surface area contributed by atoms with E-state index in [0.29, 0.717) is 12.5 Å². The highest BCUT2D eigenvalue weighted by molar-refractivity contribution is 5.49. The number of aromatic nitrogens is 2. The first-order chi connectivity index (χ1) is 14.1.